The lowest BCUT2D eigenvalue weighted by atomic mass is 10.1. The second-order valence-electron chi connectivity index (χ2n) is 5.90. The first-order valence-electron chi connectivity index (χ1n) is 8.24. The Balaban J connectivity index is 1.70. The van der Waals surface area contributed by atoms with Gasteiger partial charge in [-0.25, -0.2) is 0 Å². The van der Waals surface area contributed by atoms with Gasteiger partial charge in [0.2, 0.25) is 0 Å². The van der Waals surface area contributed by atoms with E-state index in [4.69, 9.17) is 17.0 Å². The molecular formula is C19H21N3O2S. The van der Waals surface area contributed by atoms with Crippen molar-refractivity contribution in [1.82, 2.24) is 4.90 Å². The van der Waals surface area contributed by atoms with Crippen LogP contribution in [0.25, 0.3) is 0 Å². The van der Waals surface area contributed by atoms with E-state index < -0.39 is 0 Å². The van der Waals surface area contributed by atoms with Crippen molar-refractivity contribution in [3.8, 4) is 0 Å². The molecule has 1 aliphatic heterocycles. The number of anilines is 2. The number of carbonyl (C=O) groups is 1. The average Bonchev–Trinajstić information content (AvgIpc) is 2.64. The fourth-order valence-electron chi connectivity index (χ4n) is 2.64. The van der Waals surface area contributed by atoms with E-state index in [9.17, 15) is 4.79 Å². The fourth-order valence-corrected chi connectivity index (χ4v) is 2.86. The summed E-state index contributed by atoms with van der Waals surface area (Å²) >= 11 is 5.39. The van der Waals surface area contributed by atoms with E-state index >= 15 is 0 Å². The monoisotopic (exact) mass is 355 g/mol. The molecule has 25 heavy (non-hydrogen) atoms. The molecule has 2 N–H and O–H groups in total. The van der Waals surface area contributed by atoms with Crippen molar-refractivity contribution < 1.29 is 9.53 Å². The van der Waals surface area contributed by atoms with Gasteiger partial charge in [-0.15, -0.1) is 0 Å². The Hall–Kier alpha value is -2.44. The van der Waals surface area contributed by atoms with Crippen molar-refractivity contribution in [3.63, 3.8) is 0 Å². The highest BCUT2D eigenvalue weighted by atomic mass is 32.1. The van der Waals surface area contributed by atoms with Crippen LogP contribution in [-0.2, 0) is 4.74 Å². The van der Waals surface area contributed by atoms with E-state index in [1.165, 1.54) is 5.56 Å². The molecule has 1 saturated heterocycles. The van der Waals surface area contributed by atoms with Gasteiger partial charge in [0, 0.05) is 18.8 Å². The van der Waals surface area contributed by atoms with Gasteiger partial charge in [-0.2, -0.15) is 0 Å². The number of benzene rings is 2. The molecule has 1 aliphatic rings. The predicted molar refractivity (Wildman–Crippen MR) is 104 cm³/mol. The molecule has 6 heteroatoms. The van der Waals surface area contributed by atoms with Crippen LogP contribution < -0.4 is 10.6 Å². The minimum Gasteiger partial charge on any atom is -0.378 e. The van der Waals surface area contributed by atoms with Gasteiger partial charge >= 0.3 is 0 Å². The third-order valence-corrected chi connectivity index (χ3v) is 4.22. The number of aryl methyl sites for hydroxylation is 1. The summed E-state index contributed by atoms with van der Waals surface area (Å²) in [5.74, 6) is -0.00969. The maximum absolute atomic E-state index is 12.8. The van der Waals surface area contributed by atoms with Crippen molar-refractivity contribution in [2.45, 2.75) is 6.92 Å². The van der Waals surface area contributed by atoms with Crippen LogP contribution >= 0.6 is 12.2 Å². The standard InChI is InChI=1S/C19H21N3O2S/c1-14-6-8-15(9-7-14)20-19(25)21-17-5-3-2-4-16(17)18(23)22-10-12-24-13-11-22/h2-9H,10-13H2,1H3,(H2,20,21,25). The second-order valence-corrected chi connectivity index (χ2v) is 6.30. The molecule has 3 rings (SSSR count). The molecular weight excluding hydrogens is 334 g/mol. The minimum absolute atomic E-state index is 0.00969. The Bertz CT molecular complexity index is 756. The summed E-state index contributed by atoms with van der Waals surface area (Å²) in [7, 11) is 0. The highest BCUT2D eigenvalue weighted by Crippen LogP contribution is 2.19. The summed E-state index contributed by atoms with van der Waals surface area (Å²) in [5.41, 5.74) is 3.40. The zero-order valence-electron chi connectivity index (χ0n) is 14.1. The summed E-state index contributed by atoms with van der Waals surface area (Å²) < 4.78 is 5.32. The number of carbonyl (C=O) groups excluding carboxylic acids is 1. The van der Waals surface area contributed by atoms with Gasteiger partial charge in [0.15, 0.2) is 5.11 Å². The van der Waals surface area contributed by atoms with Gasteiger partial charge in [0.1, 0.15) is 0 Å². The highest BCUT2D eigenvalue weighted by molar-refractivity contribution is 7.80. The predicted octanol–water partition coefficient (Wildman–Crippen LogP) is 3.28. The molecule has 0 unspecified atom stereocenters. The molecule has 0 bridgehead atoms. The highest BCUT2D eigenvalue weighted by Gasteiger charge is 2.21. The molecule has 0 spiro atoms. The summed E-state index contributed by atoms with van der Waals surface area (Å²) in [4.78, 5) is 14.6. The van der Waals surface area contributed by atoms with E-state index in [0.29, 0.717) is 42.7 Å². The number of amides is 1. The van der Waals surface area contributed by atoms with E-state index in [2.05, 4.69) is 10.6 Å². The zero-order chi connectivity index (χ0) is 17.6. The van der Waals surface area contributed by atoms with Crippen LogP contribution in [0.1, 0.15) is 15.9 Å². The van der Waals surface area contributed by atoms with Crippen LogP contribution in [0.5, 0.6) is 0 Å². The lowest BCUT2D eigenvalue weighted by Crippen LogP contribution is -2.41. The summed E-state index contributed by atoms with van der Waals surface area (Å²) in [6.07, 6.45) is 0. The third-order valence-electron chi connectivity index (χ3n) is 4.01. The van der Waals surface area contributed by atoms with E-state index in [0.717, 1.165) is 5.69 Å². The number of hydrogen-bond acceptors (Lipinski definition) is 3. The van der Waals surface area contributed by atoms with E-state index in [-0.39, 0.29) is 5.91 Å². The Labute approximate surface area is 153 Å². The van der Waals surface area contributed by atoms with Crippen molar-refractivity contribution in [2.75, 3.05) is 36.9 Å². The SMILES string of the molecule is Cc1ccc(NC(=S)Nc2ccccc2C(=O)N2CCOCC2)cc1. The average molecular weight is 355 g/mol. The van der Waals surface area contributed by atoms with Crippen molar-refractivity contribution in [2.24, 2.45) is 0 Å². The molecule has 1 amide bonds. The van der Waals surface area contributed by atoms with Crippen LogP contribution in [-0.4, -0.2) is 42.2 Å². The van der Waals surface area contributed by atoms with E-state index in [1.807, 2.05) is 55.5 Å². The van der Waals surface area contributed by atoms with Crippen molar-refractivity contribution >= 4 is 34.6 Å². The summed E-state index contributed by atoms with van der Waals surface area (Å²) in [6.45, 7) is 4.41. The topological polar surface area (TPSA) is 53.6 Å². The second kappa shape index (κ2) is 8.09. The Morgan fingerprint density at radius 3 is 2.44 bits per heavy atom. The lowest BCUT2D eigenvalue weighted by molar-refractivity contribution is 0.0303. The minimum atomic E-state index is -0.00969. The Morgan fingerprint density at radius 2 is 1.72 bits per heavy atom. The number of ether oxygens (including phenoxy) is 1. The van der Waals surface area contributed by atoms with Gasteiger partial charge in [-0.1, -0.05) is 29.8 Å². The number of hydrogen-bond donors (Lipinski definition) is 2. The van der Waals surface area contributed by atoms with Gasteiger partial charge in [-0.05, 0) is 43.4 Å². The summed E-state index contributed by atoms with van der Waals surface area (Å²) in [5, 5.41) is 6.72. The van der Waals surface area contributed by atoms with Crippen molar-refractivity contribution in [1.29, 1.82) is 0 Å². The molecule has 0 aliphatic carbocycles. The van der Waals surface area contributed by atoms with Gasteiger partial charge in [0.05, 0.1) is 24.5 Å². The van der Waals surface area contributed by atoms with Crippen LogP contribution in [0.15, 0.2) is 48.5 Å². The lowest BCUT2D eigenvalue weighted by Gasteiger charge is -2.27. The first-order chi connectivity index (χ1) is 12.1. The largest absolute Gasteiger partial charge is 0.378 e. The van der Waals surface area contributed by atoms with Gasteiger partial charge < -0.3 is 20.3 Å². The molecule has 2 aromatic carbocycles. The molecule has 0 radical (unpaired) electrons. The molecule has 5 nitrogen and oxygen atoms in total. The fraction of sp³-hybridized carbons (Fsp3) is 0.263. The number of nitrogens with one attached hydrogen (secondary N) is 2. The number of morpholine rings is 1. The van der Waals surface area contributed by atoms with Crippen LogP contribution in [0.3, 0.4) is 0 Å². The van der Waals surface area contributed by atoms with Crippen LogP contribution in [0, 0.1) is 6.92 Å². The maximum atomic E-state index is 12.8. The zero-order valence-corrected chi connectivity index (χ0v) is 14.9. The molecule has 130 valence electrons. The first kappa shape index (κ1) is 17.4. The number of rotatable bonds is 3. The molecule has 0 atom stereocenters. The van der Waals surface area contributed by atoms with Crippen LogP contribution in [0.4, 0.5) is 11.4 Å². The summed E-state index contributed by atoms with van der Waals surface area (Å²) in [6, 6.07) is 15.4. The Morgan fingerprint density at radius 1 is 1.04 bits per heavy atom. The molecule has 2 aromatic rings. The van der Waals surface area contributed by atoms with E-state index in [1.54, 1.807) is 4.90 Å². The van der Waals surface area contributed by atoms with Gasteiger partial charge in [0.25, 0.3) is 5.91 Å². The molecule has 0 saturated carbocycles. The van der Waals surface area contributed by atoms with Crippen LogP contribution in [0.2, 0.25) is 0 Å². The third kappa shape index (κ3) is 4.55. The normalized spacial score (nSPS) is 14.0. The van der Waals surface area contributed by atoms with Crippen molar-refractivity contribution in [3.05, 3.63) is 59.7 Å². The number of para-hydroxylation sites is 1. The number of thiocarbonyl (C=S) groups is 1. The molecule has 0 aromatic heterocycles. The smallest absolute Gasteiger partial charge is 0.256 e. The molecule has 1 fully saturated rings. The first-order valence-corrected chi connectivity index (χ1v) is 8.65. The molecule has 1 heterocycles. The number of nitrogens with zero attached hydrogens (tertiary/aromatic N) is 1. The quantitative estimate of drug-likeness (QED) is 0.828. The Kier molecular flexibility index (Phi) is 5.63. The maximum Gasteiger partial charge on any atom is 0.256 e. The van der Waals surface area contributed by atoms with Gasteiger partial charge in [-0.3, -0.25) is 4.79 Å².